The van der Waals surface area contributed by atoms with E-state index in [1.165, 1.54) is 22.0 Å². The Morgan fingerprint density at radius 3 is 1.71 bits per heavy atom. The van der Waals surface area contributed by atoms with Crippen LogP contribution >= 0.6 is 9.24 Å². The molecule has 0 spiro atoms. The molecule has 1 rings (SSSR count). The molecule has 0 saturated heterocycles. The third kappa shape index (κ3) is 4.13. The summed E-state index contributed by atoms with van der Waals surface area (Å²) in [6.07, 6.45) is 0. The van der Waals surface area contributed by atoms with Crippen molar-refractivity contribution in [3.63, 3.8) is 0 Å². The first-order valence-electron chi connectivity index (χ1n) is 5.90. The van der Waals surface area contributed by atoms with Gasteiger partial charge in [-0.2, -0.15) is 0 Å². The molecule has 0 unspecified atom stereocenters. The van der Waals surface area contributed by atoms with Gasteiger partial charge in [-0.15, -0.1) is 0 Å². The average Bonchev–Trinajstić information content (AvgIpc) is 2.05. The Kier molecular flexibility index (Phi) is 5.56. The fraction of sp³-hybridized carbons (Fsp3) is 0.600. The van der Waals surface area contributed by atoms with Crippen molar-refractivity contribution in [3.8, 4) is 0 Å². The van der Waals surface area contributed by atoms with E-state index >= 15 is 0 Å². The predicted octanol–water partition coefficient (Wildman–Crippen LogP) is 1.36. The van der Waals surface area contributed by atoms with Crippen LogP contribution in [0.4, 0.5) is 0 Å². The van der Waals surface area contributed by atoms with Gasteiger partial charge in [0.15, 0.2) is 0 Å². The molecule has 2 heteroatoms. The van der Waals surface area contributed by atoms with E-state index in [0.29, 0.717) is 0 Å². The normalized spacial score (nSPS) is 12.2. The van der Waals surface area contributed by atoms with Crippen LogP contribution in [0.5, 0.6) is 0 Å². The molecular formula is C15H24LiP. The van der Waals surface area contributed by atoms with Crippen LogP contribution in [0.25, 0.3) is 0 Å². The SMILES string of the molecule is Cc1cc(C(C)(C)C)cc(C(C)(C)C)c1[PH-].[Li+]. The average molecular weight is 242 g/mol. The largest absolute Gasteiger partial charge is 1.00 e. The summed E-state index contributed by atoms with van der Waals surface area (Å²) >= 11 is 0. The zero-order chi connectivity index (χ0) is 12.7. The first-order valence-corrected chi connectivity index (χ1v) is 6.40. The summed E-state index contributed by atoms with van der Waals surface area (Å²) in [5, 5.41) is 1.25. The summed E-state index contributed by atoms with van der Waals surface area (Å²) in [5.41, 5.74) is 4.54. The molecule has 0 saturated carbocycles. The zero-order valence-electron chi connectivity index (χ0n) is 12.7. The second-order valence-corrected chi connectivity index (χ2v) is 7.22. The quantitative estimate of drug-likeness (QED) is 0.476. The molecule has 0 aliphatic heterocycles. The third-order valence-corrected chi connectivity index (χ3v) is 3.67. The minimum Gasteiger partial charge on any atom is -0.524 e. The van der Waals surface area contributed by atoms with Gasteiger partial charge in [0.1, 0.15) is 0 Å². The fourth-order valence-electron chi connectivity index (χ4n) is 1.81. The van der Waals surface area contributed by atoms with Gasteiger partial charge in [-0.1, -0.05) is 64.8 Å². The standard InChI is InChI=1S/C15H24P.Li/c1-10-8-11(14(2,3)4)9-12(13(10)16)15(5,6)7;/h8-9,16H,1-7H3;/q-1;+1. The number of hydrogen-bond acceptors (Lipinski definition) is 0. The van der Waals surface area contributed by atoms with E-state index < -0.39 is 0 Å². The van der Waals surface area contributed by atoms with Gasteiger partial charge >= 0.3 is 18.9 Å². The van der Waals surface area contributed by atoms with Crippen LogP contribution in [0, 0.1) is 6.92 Å². The van der Waals surface area contributed by atoms with Gasteiger partial charge < -0.3 is 9.24 Å². The van der Waals surface area contributed by atoms with E-state index in [4.69, 9.17) is 0 Å². The molecule has 0 aliphatic rings. The Bertz CT molecular complexity index is 395. The van der Waals surface area contributed by atoms with E-state index in [-0.39, 0.29) is 29.7 Å². The Labute approximate surface area is 121 Å². The molecule has 1 aromatic carbocycles. The molecule has 0 nitrogen and oxygen atoms in total. The van der Waals surface area contributed by atoms with Crippen LogP contribution in [0.2, 0.25) is 0 Å². The van der Waals surface area contributed by atoms with Crippen LogP contribution in [0.1, 0.15) is 58.2 Å². The van der Waals surface area contributed by atoms with Gasteiger partial charge in [-0.05, 0) is 23.3 Å². The summed E-state index contributed by atoms with van der Waals surface area (Å²) in [6.45, 7) is 15.8. The molecule has 0 amide bonds. The molecule has 17 heavy (non-hydrogen) atoms. The second-order valence-electron chi connectivity index (χ2n) is 6.72. The van der Waals surface area contributed by atoms with E-state index in [1.54, 1.807) is 0 Å². The van der Waals surface area contributed by atoms with E-state index in [1.807, 2.05) is 0 Å². The Morgan fingerprint density at radius 1 is 0.882 bits per heavy atom. The first kappa shape index (κ1) is 17.2. The maximum absolute atomic E-state index is 3.77. The summed E-state index contributed by atoms with van der Waals surface area (Å²) < 4.78 is 0. The minimum atomic E-state index is 0. The van der Waals surface area contributed by atoms with Crippen LogP contribution in [-0.4, -0.2) is 0 Å². The molecule has 0 fully saturated rings. The molecule has 0 aliphatic carbocycles. The van der Waals surface area contributed by atoms with E-state index in [2.05, 4.69) is 69.8 Å². The summed E-state index contributed by atoms with van der Waals surface area (Å²) in [7, 11) is 3.77. The van der Waals surface area contributed by atoms with Gasteiger partial charge in [0, 0.05) is 0 Å². The maximum Gasteiger partial charge on any atom is 1.00 e. The van der Waals surface area contributed by atoms with Crippen LogP contribution in [0.15, 0.2) is 12.1 Å². The molecule has 0 N–H and O–H groups in total. The summed E-state index contributed by atoms with van der Waals surface area (Å²) in [4.78, 5) is 0. The molecule has 0 atom stereocenters. The molecule has 0 heterocycles. The smallest absolute Gasteiger partial charge is 0.524 e. The van der Waals surface area contributed by atoms with Crippen molar-refractivity contribution in [2.45, 2.75) is 59.3 Å². The van der Waals surface area contributed by atoms with Crippen molar-refractivity contribution >= 4 is 14.5 Å². The van der Waals surface area contributed by atoms with Gasteiger partial charge in [-0.3, -0.25) is 0 Å². The van der Waals surface area contributed by atoms with Crippen molar-refractivity contribution in [1.82, 2.24) is 0 Å². The molecule has 0 aromatic heterocycles. The van der Waals surface area contributed by atoms with Gasteiger partial charge in [0.25, 0.3) is 0 Å². The molecular weight excluding hydrogens is 218 g/mol. The minimum absolute atomic E-state index is 0. The second kappa shape index (κ2) is 5.48. The predicted molar refractivity (Wildman–Crippen MR) is 76.5 cm³/mol. The van der Waals surface area contributed by atoms with Gasteiger partial charge in [-0.25, -0.2) is 5.30 Å². The zero-order valence-corrected chi connectivity index (χ0v) is 13.7. The first-order chi connectivity index (χ1) is 7.03. The number of rotatable bonds is 0. The summed E-state index contributed by atoms with van der Waals surface area (Å²) in [5.74, 6) is 0. The van der Waals surface area contributed by atoms with Crippen molar-refractivity contribution in [1.29, 1.82) is 0 Å². The molecule has 0 bridgehead atoms. The summed E-state index contributed by atoms with van der Waals surface area (Å²) in [6, 6.07) is 4.63. The fourth-order valence-corrected chi connectivity index (χ4v) is 2.33. The number of aryl methyl sites for hydroxylation is 1. The van der Waals surface area contributed by atoms with Crippen molar-refractivity contribution in [3.05, 3.63) is 28.8 Å². The number of hydrogen-bond donors (Lipinski definition) is 0. The Morgan fingerprint density at radius 2 is 1.35 bits per heavy atom. The van der Waals surface area contributed by atoms with E-state index in [9.17, 15) is 0 Å². The van der Waals surface area contributed by atoms with Crippen molar-refractivity contribution < 1.29 is 18.9 Å². The topological polar surface area (TPSA) is 0 Å². The molecule has 1 aromatic rings. The van der Waals surface area contributed by atoms with Crippen LogP contribution < -0.4 is 24.2 Å². The monoisotopic (exact) mass is 242 g/mol. The Hall–Kier alpha value is 0.247. The van der Waals surface area contributed by atoms with Crippen molar-refractivity contribution in [2.75, 3.05) is 0 Å². The maximum atomic E-state index is 3.77. The number of benzene rings is 1. The van der Waals surface area contributed by atoms with Crippen LogP contribution in [0.3, 0.4) is 0 Å². The molecule has 0 radical (unpaired) electrons. The van der Waals surface area contributed by atoms with Crippen LogP contribution in [-0.2, 0) is 10.8 Å². The van der Waals surface area contributed by atoms with E-state index in [0.717, 1.165) is 0 Å². The van der Waals surface area contributed by atoms with Gasteiger partial charge in [0.2, 0.25) is 0 Å². The third-order valence-electron chi connectivity index (χ3n) is 3.01. The van der Waals surface area contributed by atoms with Gasteiger partial charge in [0.05, 0.1) is 0 Å². The Balaban J connectivity index is 0.00000256. The molecule has 90 valence electrons. The van der Waals surface area contributed by atoms with Crippen molar-refractivity contribution in [2.24, 2.45) is 0 Å².